The molecule has 6 aliphatic rings. The maximum absolute atomic E-state index is 14.8. The molecule has 292 valence electrons. The largest absolute Gasteiger partial charge is 0.483 e. The second-order valence-electron chi connectivity index (χ2n) is 16.4. The van der Waals surface area contributed by atoms with Crippen LogP contribution in [0.25, 0.3) is 10.9 Å². The van der Waals surface area contributed by atoms with E-state index < -0.39 is 64.0 Å². The van der Waals surface area contributed by atoms with Crippen molar-refractivity contribution < 1.29 is 42.9 Å². The summed E-state index contributed by atoms with van der Waals surface area (Å²) in [6.45, 7) is 7.12. The van der Waals surface area contributed by atoms with Gasteiger partial charge in [0.2, 0.25) is 24.1 Å². The fraction of sp³-hybridized carbons (Fsp3) is 0.585. The first-order chi connectivity index (χ1) is 26.3. The molecule has 2 aromatic rings. The topological polar surface area (TPSA) is 155 Å². The molecule has 13 nitrogen and oxygen atoms in total. The Bertz CT molecular complexity index is 2030. The predicted molar refractivity (Wildman–Crippen MR) is 201 cm³/mol. The lowest BCUT2D eigenvalue weighted by Crippen LogP contribution is -2.65. The van der Waals surface area contributed by atoms with Gasteiger partial charge in [-0.3, -0.25) is 9.59 Å². The molecule has 1 saturated carbocycles. The summed E-state index contributed by atoms with van der Waals surface area (Å²) in [5, 5.41) is 5.87. The fourth-order valence-corrected chi connectivity index (χ4v) is 8.88. The Morgan fingerprint density at radius 1 is 1.11 bits per heavy atom. The summed E-state index contributed by atoms with van der Waals surface area (Å²) in [6, 6.07) is 1.65. The quantitative estimate of drug-likeness (QED) is 0.171. The summed E-state index contributed by atoms with van der Waals surface area (Å²) in [4.78, 5) is 62.8. The summed E-state index contributed by atoms with van der Waals surface area (Å²) >= 11 is 7.42. The molecule has 1 aromatic carbocycles. The van der Waals surface area contributed by atoms with Gasteiger partial charge in [-0.1, -0.05) is 36.8 Å². The van der Waals surface area contributed by atoms with E-state index >= 15 is 0 Å². The highest BCUT2D eigenvalue weighted by atomic mass is 35.5. The third kappa shape index (κ3) is 6.91. The Morgan fingerprint density at radius 2 is 1.93 bits per heavy atom. The number of hydrogen-bond donors (Lipinski definition) is 2. The molecule has 2 N–H and O–H groups in total. The lowest BCUT2D eigenvalue weighted by molar-refractivity contribution is -0.153. The molecule has 2 aliphatic carbocycles. The monoisotopic (exact) mass is 774 g/mol. The average molecular weight is 775 g/mol. The highest BCUT2D eigenvalue weighted by Crippen LogP contribution is 2.57. The molecule has 2 fully saturated rings. The normalized spacial score (nSPS) is 30.5. The number of amides is 3. The molecule has 8 rings (SSSR count). The lowest BCUT2D eigenvalue weighted by atomic mass is 9.76. The number of alkyl halides is 1. The van der Waals surface area contributed by atoms with Gasteiger partial charge in [-0.15, -0.1) is 11.6 Å². The van der Waals surface area contributed by atoms with E-state index in [4.69, 9.17) is 40.3 Å². The number of halogens is 1. The molecule has 1 aromatic heterocycles. The van der Waals surface area contributed by atoms with Crippen molar-refractivity contribution in [3.63, 3.8) is 0 Å². The van der Waals surface area contributed by atoms with Crippen LogP contribution in [0.5, 0.6) is 17.2 Å². The maximum Gasteiger partial charge on any atom is 0.408 e. The van der Waals surface area contributed by atoms with Crippen molar-refractivity contribution in [2.75, 3.05) is 19.9 Å². The molecule has 5 heterocycles. The van der Waals surface area contributed by atoms with Crippen molar-refractivity contribution in [3.05, 3.63) is 35.5 Å². The number of ether oxygens (including phenoxy) is 5. The van der Waals surface area contributed by atoms with E-state index in [-0.39, 0.29) is 38.7 Å². The summed E-state index contributed by atoms with van der Waals surface area (Å²) in [5.41, 5.74) is -1.26. The Balaban J connectivity index is 1.19. The van der Waals surface area contributed by atoms with Crippen LogP contribution in [0.1, 0.15) is 108 Å². The van der Waals surface area contributed by atoms with E-state index in [0.717, 1.165) is 47.8 Å². The number of carbonyl (C=O) groups is 4. The molecule has 3 amide bonds. The molecule has 1 saturated heterocycles. The van der Waals surface area contributed by atoms with Gasteiger partial charge in [0.1, 0.15) is 29.0 Å². The first-order valence-electron chi connectivity index (χ1n) is 19.4. The molecule has 1 spiro atoms. The molecular weight excluding hydrogens is 728 g/mol. The standard InChI is InChI=1S/C41H47ClN4O9/c1-5-51-37(49)41-18-17-24(41)11-9-7-6-8-10-12-27(44-38(50)55-39(2,3)4)36(48)46-21-40(20-28(46)35(47)45-41)19-25(42)30-31-26(15-16-29-33(31)53-22-52-29)43-32(23-13-14-23)34(30)54-40/h9,11,15-16,23-25,27-28H,5-8,10,12-14,19-22H2,1-4H3,(H,44,50)(H,45,47)/b11-9-/t24-,25?,27+,28+,40-,41-/m1/s1. The van der Waals surface area contributed by atoms with Gasteiger partial charge < -0.3 is 39.2 Å². The van der Waals surface area contributed by atoms with Gasteiger partial charge in [0.05, 0.1) is 41.0 Å². The average Bonchev–Trinajstić information content (AvgIpc) is 3.73. The number of hydrogen-bond acceptors (Lipinski definition) is 10. The van der Waals surface area contributed by atoms with Gasteiger partial charge >= 0.3 is 12.1 Å². The van der Waals surface area contributed by atoms with Crippen molar-refractivity contribution in [1.29, 1.82) is 0 Å². The maximum atomic E-state index is 14.8. The zero-order valence-electron chi connectivity index (χ0n) is 31.6. The van der Waals surface area contributed by atoms with Crippen LogP contribution >= 0.6 is 11.6 Å². The Labute approximate surface area is 325 Å². The van der Waals surface area contributed by atoms with Crippen molar-refractivity contribution in [1.82, 2.24) is 20.5 Å². The Hall–Kier alpha value is -4.70. The van der Waals surface area contributed by atoms with E-state index in [0.29, 0.717) is 36.5 Å². The van der Waals surface area contributed by atoms with Crippen molar-refractivity contribution in [3.8, 4) is 29.1 Å². The number of nitrogens with one attached hydrogen (secondary N) is 2. The number of pyridine rings is 1. The molecule has 6 atom stereocenters. The van der Waals surface area contributed by atoms with Crippen LogP contribution in [-0.4, -0.2) is 82.5 Å². The van der Waals surface area contributed by atoms with Gasteiger partial charge in [0.25, 0.3) is 0 Å². The molecule has 0 radical (unpaired) electrons. The Kier molecular flexibility index (Phi) is 9.55. The number of benzene rings is 1. The van der Waals surface area contributed by atoms with E-state index in [1.807, 2.05) is 24.3 Å². The number of aromatic nitrogens is 1. The summed E-state index contributed by atoms with van der Waals surface area (Å²) in [7, 11) is 0. The number of allylic oxidation sites excluding steroid dienone is 1. The van der Waals surface area contributed by atoms with Crippen LogP contribution in [0.15, 0.2) is 24.3 Å². The predicted octanol–water partition coefficient (Wildman–Crippen LogP) is 5.71. The number of esters is 1. The number of fused-ring (bicyclic) bond motifs is 7. The zero-order chi connectivity index (χ0) is 38.7. The summed E-state index contributed by atoms with van der Waals surface area (Å²) in [5.74, 6) is 5.49. The van der Waals surface area contributed by atoms with E-state index in [2.05, 4.69) is 22.5 Å². The first kappa shape index (κ1) is 37.2. The molecule has 1 unspecified atom stereocenters. The minimum absolute atomic E-state index is 0.00481. The second kappa shape index (κ2) is 14.1. The minimum Gasteiger partial charge on any atom is -0.483 e. The van der Waals surface area contributed by atoms with Gasteiger partial charge in [-0.25, -0.2) is 14.6 Å². The van der Waals surface area contributed by atoms with E-state index in [1.54, 1.807) is 27.7 Å². The van der Waals surface area contributed by atoms with Gasteiger partial charge in [-0.2, -0.15) is 0 Å². The van der Waals surface area contributed by atoms with Crippen LogP contribution in [0.4, 0.5) is 4.79 Å². The van der Waals surface area contributed by atoms with Crippen LogP contribution in [0, 0.1) is 17.8 Å². The lowest BCUT2D eigenvalue weighted by Gasteiger charge is -2.39. The molecule has 14 heteroatoms. The first-order valence-corrected chi connectivity index (χ1v) is 19.8. The second-order valence-corrected chi connectivity index (χ2v) is 16.9. The zero-order valence-corrected chi connectivity index (χ0v) is 32.4. The number of nitrogens with zero attached hydrogens (tertiary/aromatic N) is 2. The smallest absolute Gasteiger partial charge is 0.408 e. The number of alkyl carbamates (subject to hydrolysis) is 1. The number of rotatable bonds is 4. The van der Waals surface area contributed by atoms with Gasteiger partial charge in [-0.05, 0) is 71.9 Å². The van der Waals surface area contributed by atoms with Crippen molar-refractivity contribution >= 4 is 46.4 Å². The summed E-state index contributed by atoms with van der Waals surface area (Å²) in [6.07, 6.45) is 8.56. The van der Waals surface area contributed by atoms with E-state index in [1.165, 1.54) is 4.90 Å². The van der Waals surface area contributed by atoms with Gasteiger partial charge in [0, 0.05) is 24.3 Å². The van der Waals surface area contributed by atoms with Gasteiger partial charge in [0.15, 0.2) is 11.5 Å². The van der Waals surface area contributed by atoms with Crippen LogP contribution in [0.2, 0.25) is 0 Å². The molecule has 55 heavy (non-hydrogen) atoms. The van der Waals surface area contributed by atoms with Crippen LogP contribution in [-0.2, 0) is 23.9 Å². The highest BCUT2D eigenvalue weighted by molar-refractivity contribution is 6.22. The Morgan fingerprint density at radius 3 is 2.65 bits per heavy atom. The van der Waals surface area contributed by atoms with Crippen molar-refractivity contribution in [2.24, 2.45) is 5.92 Å². The fourth-order valence-electron chi connectivity index (χ4n) is 8.39. The highest BCUT2D eigenvalue weighted by Gasteiger charge is 2.58. The molecule has 0 bridgehead atoms. The van der Waals surface area contributed by atoms with Crippen LogP contribution < -0.4 is 24.8 Å². The SMILES string of the molecule is CCOC(=O)[C@@]12C#C[C@H]1/C=C\CCCCC[C@H](NC(=O)OC(C)(C)C)C(=O)N1C[C@@]3(CC(Cl)c4c(c(C5CC5)nc5ccc6c(c45)OCO6)O3)C[C@H]1C(=O)N2. The number of carbonyl (C=O) groups excluding carboxylic acids is 4. The molecular formula is C41H47ClN4O9. The minimum atomic E-state index is -1.62. The molecule has 4 aliphatic heterocycles. The summed E-state index contributed by atoms with van der Waals surface area (Å²) < 4.78 is 29.7. The van der Waals surface area contributed by atoms with Crippen molar-refractivity contribution in [2.45, 2.75) is 126 Å². The third-order valence-electron chi connectivity index (χ3n) is 11.1. The van der Waals surface area contributed by atoms with E-state index in [9.17, 15) is 19.2 Å². The van der Waals surface area contributed by atoms with Crippen LogP contribution in [0.3, 0.4) is 0 Å². The third-order valence-corrected chi connectivity index (χ3v) is 11.5.